The van der Waals surface area contributed by atoms with Gasteiger partial charge in [0.25, 0.3) is 6.71 Å². The van der Waals surface area contributed by atoms with E-state index in [1.165, 1.54) is 11.6 Å². The molecule has 0 radical (unpaired) electrons. The maximum absolute atomic E-state index is 15.4. The zero-order chi connectivity index (χ0) is 30.7. The van der Waals surface area contributed by atoms with Crippen molar-refractivity contribution in [1.82, 2.24) is 0 Å². The van der Waals surface area contributed by atoms with Crippen LogP contribution in [-0.4, -0.2) is 6.71 Å². The lowest BCUT2D eigenvalue weighted by Gasteiger charge is -2.28. The van der Waals surface area contributed by atoms with Gasteiger partial charge in [0.1, 0.15) is 0 Å². The Kier molecular flexibility index (Phi) is 7.88. The van der Waals surface area contributed by atoms with Gasteiger partial charge in [-0.05, 0) is 80.8 Å². The summed E-state index contributed by atoms with van der Waals surface area (Å²) in [6.07, 6.45) is 12.6. The van der Waals surface area contributed by atoms with Gasteiger partial charge in [0, 0.05) is 10.9 Å². The molecule has 226 valence electrons. The highest BCUT2D eigenvalue weighted by Gasteiger charge is 2.45. The van der Waals surface area contributed by atoms with Crippen molar-refractivity contribution in [3.05, 3.63) is 104 Å². The molecule has 2 aromatic rings. The van der Waals surface area contributed by atoms with Crippen LogP contribution in [0.3, 0.4) is 0 Å². The number of benzene rings is 2. The molecule has 1 fully saturated rings. The van der Waals surface area contributed by atoms with Crippen molar-refractivity contribution in [2.45, 2.75) is 64.2 Å². The third kappa shape index (κ3) is 4.77. The summed E-state index contributed by atoms with van der Waals surface area (Å²) in [7, 11) is 0. The molecule has 0 spiro atoms. The molecular formula is C32H25BF10. The van der Waals surface area contributed by atoms with Gasteiger partial charge in [0.2, 0.25) is 0 Å². The Balaban J connectivity index is 1.54. The van der Waals surface area contributed by atoms with Crippen LogP contribution >= 0.6 is 0 Å². The van der Waals surface area contributed by atoms with Crippen LogP contribution in [0.15, 0.2) is 46.0 Å². The summed E-state index contributed by atoms with van der Waals surface area (Å²) in [6, 6.07) is 0. The Morgan fingerprint density at radius 2 is 1.07 bits per heavy atom. The fourth-order valence-electron chi connectivity index (χ4n) is 7.41. The number of rotatable bonds is 6. The molecule has 11 heteroatoms. The first-order chi connectivity index (χ1) is 20.5. The Hall–Kier alpha value is -3.24. The van der Waals surface area contributed by atoms with Gasteiger partial charge in [-0.25, -0.2) is 43.9 Å². The van der Waals surface area contributed by atoms with Crippen molar-refractivity contribution >= 4 is 17.6 Å². The van der Waals surface area contributed by atoms with E-state index in [1.54, 1.807) is 0 Å². The SMILES string of the molecule is Fc1c(F)c(F)c(B(C2=CC3=C(CCCC3)C2CCC2=C3CCCCC3C=C2)c2c(F)c(F)c(F)c(F)c2F)c(F)c1F. The van der Waals surface area contributed by atoms with Crippen LogP contribution < -0.4 is 10.9 Å². The summed E-state index contributed by atoms with van der Waals surface area (Å²) >= 11 is 0. The van der Waals surface area contributed by atoms with Gasteiger partial charge in [-0.2, -0.15) is 0 Å². The second kappa shape index (κ2) is 11.4. The molecule has 0 saturated heterocycles. The third-order valence-corrected chi connectivity index (χ3v) is 9.42. The number of hydrogen-bond donors (Lipinski definition) is 0. The zero-order valence-electron chi connectivity index (χ0n) is 22.8. The van der Waals surface area contributed by atoms with E-state index < -0.39 is 81.7 Å². The predicted molar refractivity (Wildman–Crippen MR) is 142 cm³/mol. The molecule has 0 bridgehead atoms. The average Bonchev–Trinajstić information content (AvgIpc) is 3.60. The summed E-state index contributed by atoms with van der Waals surface area (Å²) in [5, 5.41) is 0. The van der Waals surface area contributed by atoms with Crippen LogP contribution in [0, 0.1) is 70.0 Å². The molecule has 6 rings (SSSR count). The first kappa shape index (κ1) is 29.8. The van der Waals surface area contributed by atoms with Crippen LogP contribution in [-0.2, 0) is 0 Å². The van der Waals surface area contributed by atoms with Crippen LogP contribution in [0.5, 0.6) is 0 Å². The van der Waals surface area contributed by atoms with E-state index in [1.807, 2.05) is 6.08 Å². The highest BCUT2D eigenvalue weighted by molar-refractivity contribution is 6.91. The first-order valence-corrected chi connectivity index (χ1v) is 14.4. The number of allylic oxidation sites excluding steroid dienone is 8. The molecule has 2 atom stereocenters. The Bertz CT molecular complexity index is 1520. The van der Waals surface area contributed by atoms with Crippen LogP contribution in [0.25, 0.3) is 0 Å². The van der Waals surface area contributed by atoms with Crippen molar-refractivity contribution in [2.24, 2.45) is 11.8 Å². The van der Waals surface area contributed by atoms with Gasteiger partial charge in [-0.3, -0.25) is 0 Å². The van der Waals surface area contributed by atoms with E-state index in [0.717, 1.165) is 43.3 Å². The molecule has 4 aliphatic rings. The van der Waals surface area contributed by atoms with Crippen LogP contribution in [0.4, 0.5) is 43.9 Å². The van der Waals surface area contributed by atoms with Gasteiger partial charge < -0.3 is 0 Å². The van der Waals surface area contributed by atoms with Crippen molar-refractivity contribution < 1.29 is 43.9 Å². The van der Waals surface area contributed by atoms with E-state index in [-0.39, 0.29) is 11.9 Å². The average molecular weight is 610 g/mol. The third-order valence-electron chi connectivity index (χ3n) is 9.42. The Labute approximate surface area is 241 Å². The summed E-state index contributed by atoms with van der Waals surface area (Å²) < 4.78 is 148. The highest BCUT2D eigenvalue weighted by atomic mass is 19.2. The molecular weight excluding hydrogens is 585 g/mol. The Morgan fingerprint density at radius 1 is 0.581 bits per heavy atom. The van der Waals surface area contributed by atoms with Gasteiger partial charge in [0.15, 0.2) is 58.2 Å². The maximum atomic E-state index is 15.4. The summed E-state index contributed by atoms with van der Waals surface area (Å²) in [5.41, 5.74) is 0.301. The van der Waals surface area contributed by atoms with Gasteiger partial charge in [-0.15, -0.1) is 0 Å². The number of hydrogen-bond acceptors (Lipinski definition) is 0. The first-order valence-electron chi connectivity index (χ1n) is 14.4. The van der Waals surface area contributed by atoms with E-state index in [9.17, 15) is 26.3 Å². The van der Waals surface area contributed by atoms with E-state index >= 15 is 17.6 Å². The molecule has 2 aromatic carbocycles. The number of halogens is 10. The van der Waals surface area contributed by atoms with Gasteiger partial charge in [-0.1, -0.05) is 41.3 Å². The van der Waals surface area contributed by atoms with E-state index in [4.69, 9.17) is 0 Å². The molecule has 0 aromatic heterocycles. The lowest BCUT2D eigenvalue weighted by molar-refractivity contribution is 0.382. The van der Waals surface area contributed by atoms with Crippen LogP contribution in [0.2, 0.25) is 0 Å². The fourth-order valence-corrected chi connectivity index (χ4v) is 7.41. The fraction of sp³-hybridized carbons (Fsp3) is 0.375. The molecule has 1 saturated carbocycles. The predicted octanol–water partition coefficient (Wildman–Crippen LogP) is 8.49. The molecule has 0 N–H and O–H groups in total. The van der Waals surface area contributed by atoms with Crippen molar-refractivity contribution in [3.63, 3.8) is 0 Å². The largest absolute Gasteiger partial charge is 0.253 e. The monoisotopic (exact) mass is 610 g/mol. The van der Waals surface area contributed by atoms with E-state index in [2.05, 4.69) is 6.08 Å². The molecule has 2 unspecified atom stereocenters. The second-order valence-corrected chi connectivity index (χ2v) is 11.7. The normalized spacial score (nSPS) is 21.5. The van der Waals surface area contributed by atoms with Crippen molar-refractivity contribution in [3.8, 4) is 0 Å². The minimum Gasteiger partial charge on any atom is -0.204 e. The summed E-state index contributed by atoms with van der Waals surface area (Å²) in [5.74, 6) is -24.6. The maximum Gasteiger partial charge on any atom is 0.253 e. The smallest absolute Gasteiger partial charge is 0.204 e. The molecule has 0 heterocycles. The minimum atomic E-state index is -2.51. The standard InChI is InChI=1S/C32H25BF10/c34-23-21(24(35)28(39)31(42)27(23)38)33(22-25(36)29(40)32(43)30(41)26(22)37)20-13-16-6-2-4-8-18(16)19(20)12-11-15-10-9-14-5-1-3-7-17(14)15/h9-10,13-14,19H,1-8,11-12H2. The lowest BCUT2D eigenvalue weighted by Crippen LogP contribution is -2.53. The molecule has 0 nitrogen and oxygen atoms in total. The Morgan fingerprint density at radius 3 is 1.65 bits per heavy atom. The molecule has 43 heavy (non-hydrogen) atoms. The molecule has 0 aliphatic heterocycles. The van der Waals surface area contributed by atoms with Gasteiger partial charge in [0.05, 0.1) is 0 Å². The van der Waals surface area contributed by atoms with Gasteiger partial charge >= 0.3 is 0 Å². The highest BCUT2D eigenvalue weighted by Crippen LogP contribution is 2.46. The molecule has 0 amide bonds. The summed E-state index contributed by atoms with van der Waals surface area (Å²) in [6.45, 7) is -2.48. The lowest BCUT2D eigenvalue weighted by atomic mass is 9.33. The van der Waals surface area contributed by atoms with Crippen molar-refractivity contribution in [2.75, 3.05) is 0 Å². The van der Waals surface area contributed by atoms with Crippen molar-refractivity contribution in [1.29, 1.82) is 0 Å². The minimum absolute atomic E-state index is 0.161. The van der Waals surface area contributed by atoms with Crippen LogP contribution in [0.1, 0.15) is 64.2 Å². The van der Waals surface area contributed by atoms with E-state index in [0.29, 0.717) is 37.2 Å². The zero-order valence-corrected chi connectivity index (χ0v) is 22.8. The quantitative estimate of drug-likeness (QED) is 0.133. The molecule has 4 aliphatic carbocycles. The summed E-state index contributed by atoms with van der Waals surface area (Å²) in [4.78, 5) is 0. The topological polar surface area (TPSA) is 0 Å². The number of fused-ring (bicyclic) bond motifs is 1. The second-order valence-electron chi connectivity index (χ2n) is 11.7.